The van der Waals surface area contributed by atoms with Crippen LogP contribution < -0.4 is 0 Å². The van der Waals surface area contributed by atoms with E-state index in [0.29, 0.717) is 11.1 Å². The molecule has 0 aliphatic carbocycles. The van der Waals surface area contributed by atoms with Gasteiger partial charge in [0.25, 0.3) is 0 Å². The molecule has 0 saturated heterocycles. The van der Waals surface area contributed by atoms with Crippen LogP contribution in [0.15, 0.2) is 6.07 Å². The molecule has 14 heavy (non-hydrogen) atoms. The molecule has 0 radical (unpaired) electrons. The number of alkyl halides is 3. The molecule has 0 aliphatic heterocycles. The van der Waals surface area contributed by atoms with Crippen LogP contribution in [0.25, 0.3) is 0 Å². The highest BCUT2D eigenvalue weighted by Crippen LogP contribution is 2.29. The molecule has 0 fully saturated rings. The number of aliphatic hydroxyl groups excluding tert-OH is 1. The number of hydrogen-bond acceptors (Lipinski definition) is 2. The Hall–Kier alpha value is -1.10. The molecule has 0 amide bonds. The average molecular weight is 205 g/mol. The minimum atomic E-state index is -4.43. The molecular weight excluding hydrogens is 195 g/mol. The molecule has 1 aromatic heterocycles. The van der Waals surface area contributed by atoms with E-state index >= 15 is 0 Å². The van der Waals surface area contributed by atoms with Gasteiger partial charge in [-0.2, -0.15) is 13.2 Å². The summed E-state index contributed by atoms with van der Waals surface area (Å²) in [6, 6.07) is 0.943. The second kappa shape index (κ2) is 3.57. The zero-order valence-corrected chi connectivity index (χ0v) is 7.81. The predicted molar refractivity (Wildman–Crippen MR) is 44.6 cm³/mol. The van der Waals surface area contributed by atoms with Crippen LogP contribution in [0.1, 0.15) is 22.5 Å². The van der Waals surface area contributed by atoms with Crippen LogP contribution in [-0.2, 0) is 12.8 Å². The first kappa shape index (κ1) is 11.0. The summed E-state index contributed by atoms with van der Waals surface area (Å²) >= 11 is 0. The Morgan fingerprint density at radius 1 is 1.36 bits per heavy atom. The van der Waals surface area contributed by atoms with E-state index in [1.807, 2.05) is 0 Å². The van der Waals surface area contributed by atoms with Crippen molar-refractivity contribution in [2.45, 2.75) is 26.6 Å². The molecule has 0 bridgehead atoms. The second-order valence-corrected chi connectivity index (χ2v) is 3.04. The summed E-state index contributed by atoms with van der Waals surface area (Å²) in [5, 5.41) is 8.87. The third-order valence-electron chi connectivity index (χ3n) is 2.00. The predicted octanol–water partition coefficient (Wildman–Crippen LogP) is 2.21. The molecule has 0 atom stereocenters. The van der Waals surface area contributed by atoms with Gasteiger partial charge < -0.3 is 5.11 Å². The third-order valence-corrected chi connectivity index (χ3v) is 2.00. The van der Waals surface area contributed by atoms with Crippen molar-refractivity contribution >= 4 is 0 Å². The Labute approximate surface area is 79.4 Å². The summed E-state index contributed by atoms with van der Waals surface area (Å²) in [4.78, 5) is 3.39. The van der Waals surface area contributed by atoms with Crippen molar-refractivity contribution < 1.29 is 18.3 Å². The maximum Gasteiger partial charge on any atom is 0.433 e. The zero-order valence-electron chi connectivity index (χ0n) is 7.81. The molecule has 78 valence electrons. The van der Waals surface area contributed by atoms with Gasteiger partial charge >= 0.3 is 6.18 Å². The minimum absolute atomic E-state index is 0.222. The Morgan fingerprint density at radius 2 is 1.93 bits per heavy atom. The topological polar surface area (TPSA) is 33.1 Å². The number of hydrogen-bond donors (Lipinski definition) is 1. The van der Waals surface area contributed by atoms with E-state index in [1.165, 1.54) is 13.8 Å². The van der Waals surface area contributed by atoms with Gasteiger partial charge in [-0.1, -0.05) is 0 Å². The molecule has 2 nitrogen and oxygen atoms in total. The van der Waals surface area contributed by atoms with Gasteiger partial charge in [-0.15, -0.1) is 0 Å². The highest BCUT2D eigenvalue weighted by atomic mass is 19.4. The van der Waals surface area contributed by atoms with Crippen LogP contribution in [0, 0.1) is 13.8 Å². The Morgan fingerprint density at radius 3 is 2.29 bits per heavy atom. The quantitative estimate of drug-likeness (QED) is 0.762. The van der Waals surface area contributed by atoms with E-state index in [4.69, 9.17) is 5.11 Å². The second-order valence-electron chi connectivity index (χ2n) is 3.04. The molecule has 1 N–H and O–H groups in total. The number of nitrogens with zero attached hydrogens (tertiary/aromatic N) is 1. The minimum Gasteiger partial charge on any atom is -0.392 e. The summed E-state index contributed by atoms with van der Waals surface area (Å²) < 4.78 is 36.8. The van der Waals surface area contributed by atoms with Crippen LogP contribution in [0.2, 0.25) is 0 Å². The normalized spacial score (nSPS) is 11.9. The van der Waals surface area contributed by atoms with Crippen LogP contribution in [-0.4, -0.2) is 10.1 Å². The lowest BCUT2D eigenvalue weighted by Gasteiger charge is -2.11. The van der Waals surface area contributed by atoms with Gasteiger partial charge in [0.1, 0.15) is 5.69 Å². The van der Waals surface area contributed by atoms with Crippen molar-refractivity contribution in [3.63, 3.8) is 0 Å². The molecule has 0 aliphatic rings. The standard InChI is InChI=1S/C9H10F3NO/c1-5-3-8(9(10,11)12)13-6(2)7(5)4-14/h3,14H,4H2,1-2H3. The van der Waals surface area contributed by atoms with Crippen molar-refractivity contribution in [3.8, 4) is 0 Å². The van der Waals surface area contributed by atoms with Crippen molar-refractivity contribution in [1.29, 1.82) is 0 Å². The fourth-order valence-electron chi connectivity index (χ4n) is 1.24. The Bertz CT molecular complexity index is 323. The van der Waals surface area contributed by atoms with E-state index in [1.54, 1.807) is 0 Å². The molecule has 0 aromatic carbocycles. The smallest absolute Gasteiger partial charge is 0.392 e. The number of pyridine rings is 1. The van der Waals surface area contributed by atoms with Crippen molar-refractivity contribution in [1.82, 2.24) is 4.98 Å². The van der Waals surface area contributed by atoms with E-state index in [2.05, 4.69) is 4.98 Å². The molecule has 1 aromatic rings. The Kier molecular flexibility index (Phi) is 2.80. The molecule has 0 spiro atoms. The van der Waals surface area contributed by atoms with Crippen LogP contribution in [0.3, 0.4) is 0 Å². The fourth-order valence-corrected chi connectivity index (χ4v) is 1.24. The van der Waals surface area contributed by atoms with E-state index in [0.717, 1.165) is 6.07 Å². The number of aryl methyl sites for hydroxylation is 2. The van der Waals surface area contributed by atoms with Crippen LogP contribution in [0.5, 0.6) is 0 Å². The highest BCUT2D eigenvalue weighted by Gasteiger charge is 2.33. The fraction of sp³-hybridized carbons (Fsp3) is 0.444. The van der Waals surface area contributed by atoms with Gasteiger partial charge in [-0.25, -0.2) is 4.98 Å². The largest absolute Gasteiger partial charge is 0.433 e. The first-order valence-corrected chi connectivity index (χ1v) is 4.01. The summed E-state index contributed by atoms with van der Waals surface area (Å²) in [5.41, 5.74) is 0.176. The first-order valence-electron chi connectivity index (χ1n) is 4.01. The SMILES string of the molecule is Cc1cc(C(F)(F)F)nc(C)c1CO. The molecule has 1 heterocycles. The van der Waals surface area contributed by atoms with E-state index in [9.17, 15) is 13.2 Å². The number of aliphatic hydroxyl groups is 1. The average Bonchev–Trinajstić information content (AvgIpc) is 2.01. The molecule has 5 heteroatoms. The Balaban J connectivity index is 3.28. The highest BCUT2D eigenvalue weighted by molar-refractivity contribution is 5.31. The lowest BCUT2D eigenvalue weighted by molar-refractivity contribution is -0.141. The van der Waals surface area contributed by atoms with Gasteiger partial charge in [-0.05, 0) is 25.5 Å². The monoisotopic (exact) mass is 205 g/mol. The molecule has 0 unspecified atom stereocenters. The lowest BCUT2D eigenvalue weighted by Crippen LogP contribution is -2.11. The molecule has 1 rings (SSSR count). The van der Waals surface area contributed by atoms with Crippen molar-refractivity contribution in [2.24, 2.45) is 0 Å². The summed E-state index contributed by atoms with van der Waals surface area (Å²) in [5.74, 6) is 0. The van der Waals surface area contributed by atoms with Crippen LogP contribution in [0.4, 0.5) is 13.2 Å². The van der Waals surface area contributed by atoms with Crippen LogP contribution >= 0.6 is 0 Å². The maximum atomic E-state index is 12.3. The number of aromatic nitrogens is 1. The summed E-state index contributed by atoms with van der Waals surface area (Å²) in [6.45, 7) is 2.69. The summed E-state index contributed by atoms with van der Waals surface area (Å²) in [6.07, 6.45) is -4.43. The van der Waals surface area contributed by atoms with Gasteiger partial charge in [-0.3, -0.25) is 0 Å². The first-order chi connectivity index (χ1) is 6.36. The van der Waals surface area contributed by atoms with Gasteiger partial charge in [0.15, 0.2) is 0 Å². The third kappa shape index (κ3) is 2.04. The van der Waals surface area contributed by atoms with Gasteiger partial charge in [0.2, 0.25) is 0 Å². The van der Waals surface area contributed by atoms with E-state index < -0.39 is 11.9 Å². The zero-order chi connectivity index (χ0) is 10.9. The molecule has 0 saturated carbocycles. The maximum absolute atomic E-state index is 12.3. The van der Waals surface area contributed by atoms with Gasteiger partial charge in [0.05, 0.1) is 6.61 Å². The summed E-state index contributed by atoms with van der Waals surface area (Å²) in [7, 11) is 0. The number of rotatable bonds is 1. The van der Waals surface area contributed by atoms with Crippen molar-refractivity contribution in [3.05, 3.63) is 28.6 Å². The van der Waals surface area contributed by atoms with Crippen molar-refractivity contribution in [2.75, 3.05) is 0 Å². The van der Waals surface area contributed by atoms with E-state index in [-0.39, 0.29) is 12.3 Å². The lowest BCUT2D eigenvalue weighted by atomic mass is 10.1. The number of halogens is 3. The molecular formula is C9H10F3NO. The van der Waals surface area contributed by atoms with Gasteiger partial charge in [0, 0.05) is 11.3 Å².